The second-order valence-corrected chi connectivity index (χ2v) is 26.5. The van der Waals surface area contributed by atoms with Gasteiger partial charge in [-0.15, -0.1) is 0 Å². The van der Waals surface area contributed by atoms with Crippen LogP contribution in [0.2, 0.25) is 0 Å². The van der Waals surface area contributed by atoms with Gasteiger partial charge in [0, 0.05) is 75.8 Å². The molecule has 10 unspecified atom stereocenters. The summed E-state index contributed by atoms with van der Waals surface area (Å²) in [5.74, 6) is -5.36. The Hall–Kier alpha value is -6.54. The molecule has 0 saturated heterocycles. The normalized spacial score (nSPS) is 16.2. The predicted octanol–water partition coefficient (Wildman–Crippen LogP) is 3.64. The van der Waals surface area contributed by atoms with Gasteiger partial charge in [0.25, 0.3) is 0 Å². The zero-order chi connectivity index (χ0) is 69.3. The van der Waals surface area contributed by atoms with E-state index < -0.39 is 113 Å². The van der Waals surface area contributed by atoms with E-state index in [0.717, 1.165) is 24.5 Å². The number of hydrogen-bond acceptors (Lipinski definition) is 16. The second kappa shape index (κ2) is 37.6. The minimum absolute atomic E-state index is 0.00605. The van der Waals surface area contributed by atoms with Gasteiger partial charge < -0.3 is 60.5 Å². The van der Waals surface area contributed by atoms with Crippen molar-refractivity contribution in [1.29, 1.82) is 0 Å². The quantitative estimate of drug-likeness (QED) is 0.0262. The molecule has 0 saturated carbocycles. The van der Waals surface area contributed by atoms with E-state index in [-0.39, 0.29) is 80.1 Å². The molecule has 510 valence electrons. The van der Waals surface area contributed by atoms with Crippen molar-refractivity contribution in [3.8, 4) is 0 Å². The molecule has 0 aromatic carbocycles. The summed E-state index contributed by atoms with van der Waals surface area (Å²) in [7, 11) is 11.3. The number of aliphatic hydroxyl groups excluding tert-OH is 1. The first-order chi connectivity index (χ1) is 41.1. The highest BCUT2D eigenvalue weighted by Crippen LogP contribution is 2.30. The summed E-state index contributed by atoms with van der Waals surface area (Å²) in [6, 6.07) is -5.10. The summed E-state index contributed by atoms with van der Waals surface area (Å²) >= 11 is 0. The van der Waals surface area contributed by atoms with E-state index in [2.05, 4.69) is 31.9 Å². The van der Waals surface area contributed by atoms with Crippen LogP contribution in [-0.4, -0.2) is 229 Å². The van der Waals surface area contributed by atoms with Crippen LogP contribution in [0.15, 0.2) is 12.2 Å². The molecule has 26 heteroatoms. The van der Waals surface area contributed by atoms with Gasteiger partial charge >= 0.3 is 12.1 Å². The second-order valence-electron chi connectivity index (χ2n) is 26.5. The molecule has 0 aliphatic heterocycles. The SMILES string of the molecule is CC=CCC(C)C(O)CC(=O)NC(CC)C(=O)N(C)CC(=O)N(C)C(C=O)(CC(C)(C)OC(=O)N(C)C)NC(C(=O)N(C)C(C=O)(CC(C)C)NC(C)(C=O)NC(=O)N(C)C(CC(C)C)C(=O)NCCC(C)CCC(=O)N(C)C(C(=O)NC)C(C)C)C(C)C. The Kier molecular flexibility index (Phi) is 34.8. The van der Waals surface area contributed by atoms with Gasteiger partial charge in [0.15, 0.2) is 30.2 Å². The van der Waals surface area contributed by atoms with Crippen LogP contribution in [0.1, 0.15) is 162 Å². The molecular weight excluding hydrogens is 1150 g/mol. The molecular formula is C63H114N12O14. The third-order valence-electron chi connectivity index (χ3n) is 16.0. The zero-order valence-electron chi connectivity index (χ0n) is 58.0. The van der Waals surface area contributed by atoms with Crippen molar-refractivity contribution < 1.29 is 67.4 Å². The minimum Gasteiger partial charge on any atom is -0.443 e. The Morgan fingerprint density at radius 1 is 0.697 bits per heavy atom. The molecule has 0 aliphatic carbocycles. The molecule has 0 radical (unpaired) electrons. The topological polar surface area (TPSA) is 326 Å². The molecule has 0 heterocycles. The smallest absolute Gasteiger partial charge is 0.409 e. The lowest BCUT2D eigenvalue weighted by Crippen LogP contribution is -2.75. The maximum Gasteiger partial charge on any atom is 0.409 e. The molecule has 0 spiro atoms. The van der Waals surface area contributed by atoms with Gasteiger partial charge in [-0.1, -0.05) is 88.3 Å². The number of amides is 10. The van der Waals surface area contributed by atoms with Crippen molar-refractivity contribution in [3.05, 3.63) is 12.2 Å². The third kappa shape index (κ3) is 25.7. The van der Waals surface area contributed by atoms with E-state index in [4.69, 9.17) is 4.74 Å². The summed E-state index contributed by atoms with van der Waals surface area (Å²) in [6.07, 6.45) is 4.23. The van der Waals surface area contributed by atoms with Crippen LogP contribution in [0.5, 0.6) is 0 Å². The number of aldehydes is 3. The fraction of sp³-hybridized carbons (Fsp3) is 0.778. The van der Waals surface area contributed by atoms with E-state index in [1.807, 2.05) is 53.7 Å². The Labute approximate surface area is 530 Å². The molecule has 0 aliphatic rings. The first-order valence-electron chi connectivity index (χ1n) is 31.1. The fourth-order valence-corrected chi connectivity index (χ4v) is 10.4. The molecule has 89 heavy (non-hydrogen) atoms. The van der Waals surface area contributed by atoms with E-state index in [0.29, 0.717) is 38.1 Å². The third-order valence-corrected chi connectivity index (χ3v) is 16.0. The number of carbonyl (C=O) groups excluding carboxylic acids is 12. The number of hydrogen-bond donors (Lipinski definition) is 7. The van der Waals surface area contributed by atoms with Crippen LogP contribution in [-0.2, 0) is 52.7 Å². The lowest BCUT2D eigenvalue weighted by Gasteiger charge is -2.48. The van der Waals surface area contributed by atoms with E-state index in [1.54, 1.807) is 48.6 Å². The Morgan fingerprint density at radius 2 is 1.28 bits per heavy atom. The van der Waals surface area contributed by atoms with Crippen molar-refractivity contribution in [1.82, 2.24) is 61.3 Å². The molecule has 26 nitrogen and oxygen atoms in total. The molecule has 0 aromatic rings. The predicted molar refractivity (Wildman–Crippen MR) is 341 cm³/mol. The maximum atomic E-state index is 15.4. The van der Waals surface area contributed by atoms with Gasteiger partial charge in [-0.3, -0.25) is 58.6 Å². The lowest BCUT2D eigenvalue weighted by atomic mass is 9.89. The van der Waals surface area contributed by atoms with Crippen LogP contribution < -0.4 is 31.9 Å². The van der Waals surface area contributed by atoms with Gasteiger partial charge in [0.1, 0.15) is 29.4 Å². The Morgan fingerprint density at radius 3 is 1.75 bits per heavy atom. The van der Waals surface area contributed by atoms with Gasteiger partial charge in [-0.2, -0.15) is 0 Å². The number of carbonyl (C=O) groups is 12. The first kappa shape index (κ1) is 82.5. The number of rotatable bonds is 40. The molecule has 0 bridgehead atoms. The summed E-state index contributed by atoms with van der Waals surface area (Å²) in [5.41, 5.74) is -7.97. The average molecular weight is 1260 g/mol. The molecule has 7 N–H and O–H groups in total. The van der Waals surface area contributed by atoms with E-state index in [1.165, 1.54) is 75.0 Å². The van der Waals surface area contributed by atoms with Gasteiger partial charge in [-0.25, -0.2) is 9.59 Å². The Bertz CT molecular complexity index is 2400. The minimum atomic E-state index is -2.21. The monoisotopic (exact) mass is 1260 g/mol. The number of ether oxygens (including phenoxy) is 1. The van der Waals surface area contributed by atoms with Crippen LogP contribution in [0.4, 0.5) is 9.59 Å². The molecule has 0 rings (SSSR count). The van der Waals surface area contributed by atoms with Gasteiger partial charge in [0.2, 0.25) is 41.4 Å². The van der Waals surface area contributed by atoms with Crippen molar-refractivity contribution in [3.63, 3.8) is 0 Å². The van der Waals surface area contributed by atoms with Crippen molar-refractivity contribution in [2.75, 3.05) is 69.5 Å². The van der Waals surface area contributed by atoms with Crippen LogP contribution in [0, 0.1) is 35.5 Å². The highest BCUT2D eigenvalue weighted by Gasteiger charge is 2.51. The summed E-state index contributed by atoms with van der Waals surface area (Å²) in [5, 5.41) is 27.5. The highest BCUT2D eigenvalue weighted by molar-refractivity contribution is 5.93. The number of nitrogens with zero attached hydrogens (tertiary/aromatic N) is 6. The van der Waals surface area contributed by atoms with E-state index >= 15 is 4.79 Å². The van der Waals surface area contributed by atoms with Crippen LogP contribution in [0.3, 0.4) is 0 Å². The number of allylic oxidation sites excluding steroid dienone is 2. The number of urea groups is 1. The van der Waals surface area contributed by atoms with Crippen molar-refractivity contribution in [2.24, 2.45) is 35.5 Å². The average Bonchev–Trinajstić information content (AvgIpc) is 2.55. The number of nitrogens with one attached hydrogen (secondary N) is 6. The zero-order valence-corrected chi connectivity index (χ0v) is 58.0. The largest absolute Gasteiger partial charge is 0.443 e. The van der Waals surface area contributed by atoms with Crippen molar-refractivity contribution in [2.45, 2.75) is 215 Å². The van der Waals surface area contributed by atoms with Crippen molar-refractivity contribution >= 4 is 72.3 Å². The van der Waals surface area contributed by atoms with Gasteiger partial charge in [-0.05, 0) is 102 Å². The number of aliphatic hydroxyl groups is 1. The summed E-state index contributed by atoms with van der Waals surface area (Å²) in [6.45, 7) is 25.4. The van der Waals surface area contributed by atoms with Crippen LogP contribution in [0.25, 0.3) is 0 Å². The summed E-state index contributed by atoms with van der Waals surface area (Å²) in [4.78, 5) is 172. The molecule has 0 aromatic heterocycles. The van der Waals surface area contributed by atoms with Gasteiger partial charge in [0.05, 0.1) is 25.1 Å². The Balaban J connectivity index is 7.16. The fourth-order valence-electron chi connectivity index (χ4n) is 10.4. The maximum absolute atomic E-state index is 15.4. The molecule has 10 atom stereocenters. The number of likely N-dealkylation sites (N-methyl/N-ethyl adjacent to an activating group) is 6. The van der Waals surface area contributed by atoms with E-state index in [9.17, 15) is 57.8 Å². The highest BCUT2D eigenvalue weighted by atomic mass is 16.6. The van der Waals surface area contributed by atoms with Crippen LogP contribution >= 0.6 is 0 Å². The molecule has 10 amide bonds. The standard InChI is InChI=1S/C63H114N12O14/c1-24-26-27-45(12)48(79)33-49(80)66-46(25-2)56(85)71(19)35-51(82)74(22)63(39-78,36-60(13,14)89-59(88)70(17)18)67-52(42(7)8)57(86)75(23)62(38-77,34-41(5)6)69-61(15,37-76)68-58(87)72(20)47(32-40(3)4)54(83)65-31-30-44(11)28-29-50(81)73(21)53(43(9)10)55(84)64-16/h24,26,37-48,52-53,67,69,79H,25,27-36H2,1-23H3,(H,64,84)(H,65,83)(H,66,80)(H,68,87). The lowest BCUT2D eigenvalue weighted by molar-refractivity contribution is -0.155. The first-order valence-corrected chi connectivity index (χ1v) is 31.1. The summed E-state index contributed by atoms with van der Waals surface area (Å²) < 4.78 is 5.80. The molecule has 0 fully saturated rings.